The molecule has 1 aliphatic rings. The van der Waals surface area contributed by atoms with E-state index < -0.39 is 0 Å². The Hall–Kier alpha value is -2.82. The summed E-state index contributed by atoms with van der Waals surface area (Å²) in [4.78, 5) is 26.6. The zero-order valence-corrected chi connectivity index (χ0v) is 16.1. The first-order chi connectivity index (χ1) is 13.0. The fourth-order valence-corrected chi connectivity index (χ4v) is 3.29. The summed E-state index contributed by atoms with van der Waals surface area (Å²) in [6, 6.07) is 15.5. The molecule has 2 aromatic carbocycles. The average molecular weight is 366 g/mol. The van der Waals surface area contributed by atoms with Gasteiger partial charge in [-0.25, -0.2) is 0 Å². The van der Waals surface area contributed by atoms with Gasteiger partial charge in [0.2, 0.25) is 11.8 Å². The molecule has 5 heteroatoms. The van der Waals surface area contributed by atoms with Crippen molar-refractivity contribution >= 4 is 17.5 Å². The van der Waals surface area contributed by atoms with Crippen LogP contribution in [0.3, 0.4) is 0 Å². The lowest BCUT2D eigenvalue weighted by Crippen LogP contribution is -2.28. The Morgan fingerprint density at radius 1 is 1.22 bits per heavy atom. The van der Waals surface area contributed by atoms with Gasteiger partial charge in [-0.1, -0.05) is 38.1 Å². The van der Waals surface area contributed by atoms with Gasteiger partial charge in [0, 0.05) is 25.2 Å². The van der Waals surface area contributed by atoms with E-state index in [0.29, 0.717) is 19.0 Å². The predicted octanol–water partition coefficient (Wildman–Crippen LogP) is 3.81. The number of rotatable bonds is 6. The first-order valence-electron chi connectivity index (χ1n) is 9.28. The van der Waals surface area contributed by atoms with E-state index in [9.17, 15) is 9.59 Å². The Labute approximate surface area is 160 Å². The molecule has 0 aliphatic carbocycles. The molecule has 142 valence electrons. The summed E-state index contributed by atoms with van der Waals surface area (Å²) in [7, 11) is 1.62. The van der Waals surface area contributed by atoms with Crippen molar-refractivity contribution in [2.75, 3.05) is 19.0 Å². The summed E-state index contributed by atoms with van der Waals surface area (Å²) in [6.45, 7) is 5.19. The maximum absolute atomic E-state index is 12.6. The van der Waals surface area contributed by atoms with Crippen LogP contribution in [0.2, 0.25) is 0 Å². The number of nitrogens with zero attached hydrogens (tertiary/aromatic N) is 1. The topological polar surface area (TPSA) is 58.6 Å². The van der Waals surface area contributed by atoms with E-state index in [0.717, 1.165) is 17.0 Å². The smallest absolute Gasteiger partial charge is 0.229 e. The molecule has 1 aliphatic heterocycles. The maximum Gasteiger partial charge on any atom is 0.229 e. The minimum absolute atomic E-state index is 0.00752. The third-order valence-electron chi connectivity index (χ3n) is 4.94. The first-order valence-corrected chi connectivity index (χ1v) is 9.28. The van der Waals surface area contributed by atoms with Crippen LogP contribution in [0.1, 0.15) is 37.3 Å². The molecule has 0 bridgehead atoms. The Kier molecular flexibility index (Phi) is 5.79. The highest BCUT2D eigenvalue weighted by Crippen LogP contribution is 2.24. The number of methoxy groups -OCH3 is 1. The number of hydrogen-bond acceptors (Lipinski definition) is 3. The molecule has 27 heavy (non-hydrogen) atoms. The van der Waals surface area contributed by atoms with Gasteiger partial charge in [0.25, 0.3) is 0 Å². The molecule has 5 nitrogen and oxygen atoms in total. The number of anilines is 1. The second-order valence-corrected chi connectivity index (χ2v) is 7.29. The van der Waals surface area contributed by atoms with E-state index in [2.05, 4.69) is 19.2 Å². The van der Waals surface area contributed by atoms with Gasteiger partial charge < -0.3 is 15.0 Å². The Morgan fingerprint density at radius 3 is 2.63 bits per heavy atom. The molecule has 0 aromatic heterocycles. The minimum atomic E-state index is -0.326. The van der Waals surface area contributed by atoms with Crippen molar-refractivity contribution in [1.29, 1.82) is 0 Å². The first kappa shape index (κ1) is 19.0. The number of hydrogen-bond donors (Lipinski definition) is 1. The molecule has 1 N–H and O–H groups in total. The Morgan fingerprint density at radius 2 is 1.96 bits per heavy atom. The van der Waals surface area contributed by atoms with Crippen LogP contribution >= 0.6 is 0 Å². The summed E-state index contributed by atoms with van der Waals surface area (Å²) in [6.07, 6.45) is 0.250. The molecule has 1 fully saturated rings. The average Bonchev–Trinajstić information content (AvgIpc) is 3.03. The van der Waals surface area contributed by atoms with Crippen molar-refractivity contribution in [3.05, 3.63) is 59.7 Å². The number of benzene rings is 2. The second-order valence-electron chi connectivity index (χ2n) is 7.29. The van der Waals surface area contributed by atoms with E-state index in [-0.39, 0.29) is 24.2 Å². The SMILES string of the molecule is COc1cccc(CN2C[C@@H](C(=O)Nc3ccc(C(C)C)cc3)CC2=O)c1. The van der Waals surface area contributed by atoms with Crippen molar-refractivity contribution < 1.29 is 14.3 Å². The Balaban J connectivity index is 1.59. The van der Waals surface area contributed by atoms with Crippen molar-refractivity contribution in [3.63, 3.8) is 0 Å². The molecule has 0 spiro atoms. The van der Waals surface area contributed by atoms with Gasteiger partial charge >= 0.3 is 0 Å². The number of amides is 2. The minimum Gasteiger partial charge on any atom is -0.497 e. The molecule has 0 unspecified atom stereocenters. The van der Waals surface area contributed by atoms with Crippen LogP contribution in [0.4, 0.5) is 5.69 Å². The number of nitrogens with one attached hydrogen (secondary N) is 1. The zero-order valence-electron chi connectivity index (χ0n) is 16.1. The second kappa shape index (κ2) is 8.25. The highest BCUT2D eigenvalue weighted by Gasteiger charge is 2.34. The molecular formula is C22H26N2O3. The van der Waals surface area contributed by atoms with Crippen LogP contribution in [-0.2, 0) is 16.1 Å². The Bertz CT molecular complexity index is 815. The third kappa shape index (κ3) is 4.67. The van der Waals surface area contributed by atoms with Gasteiger partial charge in [-0.15, -0.1) is 0 Å². The molecule has 3 rings (SSSR count). The fourth-order valence-electron chi connectivity index (χ4n) is 3.29. The summed E-state index contributed by atoms with van der Waals surface area (Å²) in [5, 5.41) is 2.94. The van der Waals surface area contributed by atoms with Gasteiger partial charge in [0.05, 0.1) is 13.0 Å². The molecule has 2 amide bonds. The van der Waals surface area contributed by atoms with Crippen molar-refractivity contribution in [2.45, 2.75) is 32.7 Å². The van der Waals surface area contributed by atoms with Crippen LogP contribution < -0.4 is 10.1 Å². The highest BCUT2D eigenvalue weighted by molar-refractivity contribution is 5.97. The van der Waals surface area contributed by atoms with Gasteiger partial charge in [-0.2, -0.15) is 0 Å². The molecule has 1 heterocycles. The number of ether oxygens (including phenoxy) is 1. The van der Waals surface area contributed by atoms with Gasteiger partial charge in [-0.3, -0.25) is 9.59 Å². The van der Waals surface area contributed by atoms with Crippen LogP contribution in [0.25, 0.3) is 0 Å². The van der Waals surface area contributed by atoms with E-state index in [1.807, 2.05) is 48.5 Å². The monoisotopic (exact) mass is 366 g/mol. The lowest BCUT2D eigenvalue weighted by atomic mass is 10.0. The summed E-state index contributed by atoms with van der Waals surface area (Å²) in [5.74, 6) is 0.792. The molecular weight excluding hydrogens is 340 g/mol. The lowest BCUT2D eigenvalue weighted by Gasteiger charge is -2.17. The normalized spacial score (nSPS) is 16.7. The van der Waals surface area contributed by atoms with Crippen molar-refractivity contribution in [1.82, 2.24) is 4.90 Å². The third-order valence-corrected chi connectivity index (χ3v) is 4.94. The quantitative estimate of drug-likeness (QED) is 0.846. The molecule has 0 saturated carbocycles. The molecule has 0 radical (unpaired) electrons. The summed E-state index contributed by atoms with van der Waals surface area (Å²) < 4.78 is 5.23. The van der Waals surface area contributed by atoms with E-state index in [1.165, 1.54) is 5.56 Å². The molecule has 1 atom stereocenters. The van der Waals surface area contributed by atoms with E-state index in [1.54, 1.807) is 12.0 Å². The van der Waals surface area contributed by atoms with E-state index >= 15 is 0 Å². The van der Waals surface area contributed by atoms with Crippen LogP contribution in [0, 0.1) is 5.92 Å². The van der Waals surface area contributed by atoms with Crippen molar-refractivity contribution in [3.8, 4) is 5.75 Å². The van der Waals surface area contributed by atoms with Gasteiger partial charge in [0.1, 0.15) is 5.75 Å². The van der Waals surface area contributed by atoms with Crippen LogP contribution in [0.5, 0.6) is 5.75 Å². The van der Waals surface area contributed by atoms with Crippen LogP contribution in [0.15, 0.2) is 48.5 Å². The molecule has 2 aromatic rings. The summed E-state index contributed by atoms with van der Waals surface area (Å²) >= 11 is 0. The standard InChI is InChI=1S/C22H26N2O3/c1-15(2)17-7-9-19(10-8-17)23-22(26)18-12-21(25)24(14-18)13-16-5-4-6-20(11-16)27-3/h4-11,15,18H,12-14H2,1-3H3,(H,23,26)/t18-/m0/s1. The maximum atomic E-state index is 12.6. The fraction of sp³-hybridized carbons (Fsp3) is 0.364. The highest BCUT2D eigenvalue weighted by atomic mass is 16.5. The van der Waals surface area contributed by atoms with Crippen molar-refractivity contribution in [2.24, 2.45) is 5.92 Å². The van der Waals surface area contributed by atoms with E-state index in [4.69, 9.17) is 4.74 Å². The van der Waals surface area contributed by atoms with Gasteiger partial charge in [-0.05, 0) is 41.3 Å². The summed E-state index contributed by atoms with van der Waals surface area (Å²) in [5.41, 5.74) is 2.99. The predicted molar refractivity (Wildman–Crippen MR) is 106 cm³/mol. The number of likely N-dealkylation sites (tertiary alicyclic amines) is 1. The number of carbonyl (C=O) groups is 2. The van der Waals surface area contributed by atoms with Crippen LogP contribution in [-0.4, -0.2) is 30.4 Å². The van der Waals surface area contributed by atoms with Gasteiger partial charge in [0.15, 0.2) is 0 Å². The zero-order chi connectivity index (χ0) is 19.4. The lowest BCUT2D eigenvalue weighted by molar-refractivity contribution is -0.128. The molecule has 1 saturated heterocycles. The number of carbonyl (C=O) groups excluding carboxylic acids is 2. The largest absolute Gasteiger partial charge is 0.497 e.